The van der Waals surface area contributed by atoms with Gasteiger partial charge in [0.15, 0.2) is 5.16 Å². The Kier molecular flexibility index (Phi) is 4.69. The Bertz CT molecular complexity index is 748. The number of rotatable bonds is 5. The van der Waals surface area contributed by atoms with E-state index in [9.17, 15) is 8.42 Å². The summed E-state index contributed by atoms with van der Waals surface area (Å²) < 4.78 is 27.1. The SMILES string of the molecule is CSc1nc(C)cc(Nc2cccc(OS(C)(=O)=O)c2)n1. The van der Waals surface area contributed by atoms with Crippen molar-refractivity contribution in [2.45, 2.75) is 12.1 Å². The van der Waals surface area contributed by atoms with Crippen LogP contribution in [0.25, 0.3) is 0 Å². The Balaban J connectivity index is 2.24. The van der Waals surface area contributed by atoms with Gasteiger partial charge >= 0.3 is 10.1 Å². The fourth-order valence-corrected chi connectivity index (χ4v) is 2.52. The van der Waals surface area contributed by atoms with Crippen LogP contribution >= 0.6 is 11.8 Å². The molecule has 0 amide bonds. The molecule has 21 heavy (non-hydrogen) atoms. The highest BCUT2D eigenvalue weighted by atomic mass is 32.2. The van der Waals surface area contributed by atoms with E-state index in [1.807, 2.05) is 19.2 Å². The molecule has 0 aliphatic carbocycles. The number of aryl methyl sites for hydroxylation is 1. The van der Waals surface area contributed by atoms with E-state index in [1.54, 1.807) is 24.3 Å². The van der Waals surface area contributed by atoms with Crippen molar-refractivity contribution in [2.24, 2.45) is 0 Å². The monoisotopic (exact) mass is 325 g/mol. The largest absolute Gasteiger partial charge is 0.383 e. The average Bonchev–Trinajstić information content (AvgIpc) is 2.36. The van der Waals surface area contributed by atoms with Gasteiger partial charge in [0.05, 0.1) is 6.26 Å². The second-order valence-electron chi connectivity index (χ2n) is 4.32. The summed E-state index contributed by atoms with van der Waals surface area (Å²) in [5, 5.41) is 3.77. The Labute approximate surface area is 128 Å². The van der Waals surface area contributed by atoms with Crippen molar-refractivity contribution in [1.82, 2.24) is 9.97 Å². The highest BCUT2D eigenvalue weighted by Gasteiger charge is 2.06. The Morgan fingerprint density at radius 3 is 2.67 bits per heavy atom. The zero-order valence-electron chi connectivity index (χ0n) is 11.8. The molecule has 0 aliphatic rings. The number of benzene rings is 1. The molecule has 0 aliphatic heterocycles. The number of aromatic nitrogens is 2. The van der Waals surface area contributed by atoms with Gasteiger partial charge in [0.1, 0.15) is 11.6 Å². The van der Waals surface area contributed by atoms with Gasteiger partial charge in [-0.25, -0.2) is 9.97 Å². The Morgan fingerprint density at radius 2 is 2.00 bits per heavy atom. The lowest BCUT2D eigenvalue weighted by molar-refractivity contribution is 0.493. The number of hydrogen-bond donors (Lipinski definition) is 1. The van der Waals surface area contributed by atoms with E-state index in [-0.39, 0.29) is 5.75 Å². The lowest BCUT2D eigenvalue weighted by Crippen LogP contribution is -2.06. The topological polar surface area (TPSA) is 81.2 Å². The number of anilines is 2. The normalized spacial score (nSPS) is 11.2. The molecule has 0 unspecified atom stereocenters. The first-order valence-electron chi connectivity index (χ1n) is 6.02. The quantitative estimate of drug-likeness (QED) is 0.514. The molecule has 0 bridgehead atoms. The first-order valence-corrected chi connectivity index (χ1v) is 9.06. The van der Waals surface area contributed by atoms with Crippen molar-refractivity contribution in [3.63, 3.8) is 0 Å². The van der Waals surface area contributed by atoms with E-state index in [0.717, 1.165) is 11.9 Å². The van der Waals surface area contributed by atoms with Gasteiger partial charge < -0.3 is 9.50 Å². The Hall–Kier alpha value is -1.80. The van der Waals surface area contributed by atoms with E-state index < -0.39 is 10.1 Å². The number of nitrogens with one attached hydrogen (secondary N) is 1. The minimum Gasteiger partial charge on any atom is -0.383 e. The maximum atomic E-state index is 11.1. The van der Waals surface area contributed by atoms with Gasteiger partial charge in [-0.2, -0.15) is 8.42 Å². The smallest absolute Gasteiger partial charge is 0.306 e. The van der Waals surface area contributed by atoms with E-state index in [4.69, 9.17) is 4.18 Å². The maximum Gasteiger partial charge on any atom is 0.306 e. The lowest BCUT2D eigenvalue weighted by Gasteiger charge is -2.09. The molecular formula is C13H15N3O3S2. The van der Waals surface area contributed by atoms with Crippen LogP contribution in [0.5, 0.6) is 5.75 Å². The second-order valence-corrected chi connectivity index (χ2v) is 6.67. The standard InChI is InChI=1S/C13H15N3O3S2/c1-9-7-12(16-13(14-9)20-2)15-10-5-4-6-11(8-10)19-21(3,17)18/h4-8H,1-3H3,(H,14,15,16). The molecule has 0 saturated carbocycles. The maximum absolute atomic E-state index is 11.1. The van der Waals surface area contributed by atoms with Crippen LogP contribution in [0.15, 0.2) is 35.5 Å². The van der Waals surface area contributed by atoms with Crippen molar-refractivity contribution >= 4 is 33.4 Å². The van der Waals surface area contributed by atoms with E-state index in [2.05, 4.69) is 15.3 Å². The van der Waals surface area contributed by atoms with Gasteiger partial charge in [-0.1, -0.05) is 17.8 Å². The summed E-state index contributed by atoms with van der Waals surface area (Å²) in [5.74, 6) is 0.890. The van der Waals surface area contributed by atoms with Gasteiger partial charge in [0, 0.05) is 23.5 Å². The Morgan fingerprint density at radius 1 is 1.24 bits per heavy atom. The zero-order valence-corrected chi connectivity index (χ0v) is 13.5. The van der Waals surface area contributed by atoms with Crippen LogP contribution in [0.4, 0.5) is 11.5 Å². The molecule has 1 heterocycles. The van der Waals surface area contributed by atoms with Crippen molar-refractivity contribution in [3.8, 4) is 5.75 Å². The van der Waals surface area contributed by atoms with Gasteiger partial charge in [-0.05, 0) is 25.3 Å². The van der Waals surface area contributed by atoms with Crippen LogP contribution in [-0.4, -0.2) is 30.9 Å². The first kappa shape index (κ1) is 15.6. The predicted octanol–water partition coefficient (Wildman–Crippen LogP) is 2.59. The summed E-state index contributed by atoms with van der Waals surface area (Å²) in [6.45, 7) is 1.88. The summed E-state index contributed by atoms with van der Waals surface area (Å²) in [6.07, 6.45) is 2.91. The second kappa shape index (κ2) is 6.31. The molecule has 0 atom stereocenters. The molecule has 1 aromatic heterocycles. The summed E-state index contributed by atoms with van der Waals surface area (Å²) in [5.41, 5.74) is 1.53. The number of nitrogens with zero attached hydrogens (tertiary/aromatic N) is 2. The average molecular weight is 325 g/mol. The molecule has 8 heteroatoms. The van der Waals surface area contributed by atoms with Crippen molar-refractivity contribution < 1.29 is 12.6 Å². The first-order chi connectivity index (χ1) is 9.85. The number of thioether (sulfide) groups is 1. The van der Waals surface area contributed by atoms with E-state index in [1.165, 1.54) is 11.8 Å². The van der Waals surface area contributed by atoms with Crippen LogP contribution in [0.3, 0.4) is 0 Å². The third kappa shape index (κ3) is 4.91. The molecule has 0 radical (unpaired) electrons. The minimum absolute atomic E-state index is 0.248. The molecule has 6 nitrogen and oxygen atoms in total. The summed E-state index contributed by atoms with van der Waals surface area (Å²) in [7, 11) is -3.54. The third-order valence-electron chi connectivity index (χ3n) is 2.37. The van der Waals surface area contributed by atoms with Crippen LogP contribution in [0, 0.1) is 6.92 Å². The van der Waals surface area contributed by atoms with Gasteiger partial charge in [0.25, 0.3) is 0 Å². The fourth-order valence-electron chi connectivity index (χ4n) is 1.65. The summed E-state index contributed by atoms with van der Waals surface area (Å²) in [6, 6.07) is 8.48. The number of hydrogen-bond acceptors (Lipinski definition) is 7. The van der Waals surface area contributed by atoms with Crippen molar-refractivity contribution in [2.75, 3.05) is 17.8 Å². The molecule has 0 spiro atoms. The van der Waals surface area contributed by atoms with Crippen LogP contribution < -0.4 is 9.50 Å². The van der Waals surface area contributed by atoms with Gasteiger partial charge in [-0.15, -0.1) is 0 Å². The van der Waals surface area contributed by atoms with Gasteiger partial charge in [0.2, 0.25) is 0 Å². The summed E-state index contributed by atoms with van der Waals surface area (Å²) >= 11 is 1.45. The minimum atomic E-state index is -3.54. The van der Waals surface area contributed by atoms with E-state index >= 15 is 0 Å². The fraction of sp³-hybridized carbons (Fsp3) is 0.231. The highest BCUT2D eigenvalue weighted by Crippen LogP contribution is 2.22. The molecule has 1 aromatic carbocycles. The molecule has 2 rings (SSSR count). The zero-order chi connectivity index (χ0) is 15.5. The third-order valence-corrected chi connectivity index (χ3v) is 3.41. The van der Waals surface area contributed by atoms with Crippen LogP contribution in [-0.2, 0) is 10.1 Å². The predicted molar refractivity (Wildman–Crippen MR) is 83.7 cm³/mol. The lowest BCUT2D eigenvalue weighted by atomic mass is 10.3. The van der Waals surface area contributed by atoms with Crippen molar-refractivity contribution in [1.29, 1.82) is 0 Å². The molecule has 112 valence electrons. The molecule has 1 N–H and O–H groups in total. The van der Waals surface area contributed by atoms with Crippen LogP contribution in [0.1, 0.15) is 5.69 Å². The summed E-state index contributed by atoms with van der Waals surface area (Å²) in [4.78, 5) is 8.60. The van der Waals surface area contributed by atoms with Crippen molar-refractivity contribution in [3.05, 3.63) is 36.0 Å². The van der Waals surface area contributed by atoms with E-state index in [0.29, 0.717) is 16.7 Å². The molecular weight excluding hydrogens is 310 g/mol. The molecule has 2 aromatic rings. The van der Waals surface area contributed by atoms with Crippen LogP contribution in [0.2, 0.25) is 0 Å². The molecule has 0 fully saturated rings. The van der Waals surface area contributed by atoms with Gasteiger partial charge in [-0.3, -0.25) is 0 Å². The molecule has 0 saturated heterocycles. The highest BCUT2D eigenvalue weighted by molar-refractivity contribution is 7.98.